The third kappa shape index (κ3) is 15.3. The Morgan fingerprint density at radius 3 is 2.32 bits per heavy atom. The highest BCUT2D eigenvalue weighted by molar-refractivity contribution is 6.01. The summed E-state index contributed by atoms with van der Waals surface area (Å²) in [6.07, 6.45) is 18.7. The predicted octanol–water partition coefficient (Wildman–Crippen LogP) is 6.06. The third-order valence-electron chi connectivity index (χ3n) is 5.22. The number of terminal acetylenes is 1. The maximum atomic E-state index is 9.97. The molecule has 0 radical (unpaired) electrons. The number of pyridine rings is 1. The minimum absolute atomic E-state index is 0.416. The van der Waals surface area contributed by atoms with Crippen molar-refractivity contribution in [1.29, 1.82) is 0 Å². The molecule has 0 aromatic carbocycles. The van der Waals surface area contributed by atoms with Crippen LogP contribution in [0.4, 0.5) is 5.82 Å². The Morgan fingerprint density at radius 2 is 1.83 bits per heavy atom. The van der Waals surface area contributed by atoms with Crippen LogP contribution in [-0.4, -0.2) is 60.7 Å². The van der Waals surface area contributed by atoms with E-state index in [0.29, 0.717) is 23.0 Å². The molecule has 2 aromatic heterocycles. The Labute approximate surface area is 248 Å². The van der Waals surface area contributed by atoms with Gasteiger partial charge in [-0.05, 0) is 56.5 Å². The van der Waals surface area contributed by atoms with Crippen molar-refractivity contribution in [2.75, 3.05) is 32.5 Å². The zero-order valence-corrected chi connectivity index (χ0v) is 26.2. The number of aldehydes is 1. The average molecular weight is 560 g/mol. The Balaban J connectivity index is 0.000000956. The van der Waals surface area contributed by atoms with Crippen LogP contribution < -0.4 is 16.0 Å². The topological polar surface area (TPSA) is 104 Å². The van der Waals surface area contributed by atoms with Gasteiger partial charge in [-0.15, -0.1) is 6.42 Å². The number of carbonyl (C=O) groups is 1. The number of rotatable bonds is 8. The van der Waals surface area contributed by atoms with Crippen LogP contribution in [0.3, 0.4) is 0 Å². The smallest absolute Gasteiger partial charge is 0.151 e. The minimum Gasteiger partial charge on any atom is -0.381 e. The molecule has 41 heavy (non-hydrogen) atoms. The van der Waals surface area contributed by atoms with E-state index in [2.05, 4.69) is 59.2 Å². The molecule has 8 nitrogen and oxygen atoms in total. The van der Waals surface area contributed by atoms with Gasteiger partial charge < -0.3 is 16.0 Å². The van der Waals surface area contributed by atoms with Crippen LogP contribution in [0.2, 0.25) is 0 Å². The van der Waals surface area contributed by atoms with E-state index in [1.54, 1.807) is 45.6 Å². The van der Waals surface area contributed by atoms with Crippen LogP contribution in [0.5, 0.6) is 0 Å². The zero-order valence-electron chi connectivity index (χ0n) is 26.2. The summed E-state index contributed by atoms with van der Waals surface area (Å²) in [6.45, 7) is 18.2. The van der Waals surface area contributed by atoms with Gasteiger partial charge in [0.05, 0.1) is 29.5 Å². The number of hydrogen-bond acceptors (Lipinski definition) is 8. The van der Waals surface area contributed by atoms with Gasteiger partial charge in [0, 0.05) is 31.9 Å². The van der Waals surface area contributed by atoms with Crippen molar-refractivity contribution in [2.45, 2.75) is 60.4 Å². The van der Waals surface area contributed by atoms with Crippen LogP contribution in [0.1, 0.15) is 65.6 Å². The fraction of sp³-hybridized carbons (Fsp3) is 0.424. The molecule has 222 valence electrons. The molecule has 0 atom stereocenters. The second-order valence-corrected chi connectivity index (χ2v) is 9.31. The largest absolute Gasteiger partial charge is 0.381 e. The van der Waals surface area contributed by atoms with Gasteiger partial charge in [-0.1, -0.05) is 65.3 Å². The molecule has 1 fully saturated rings. The summed E-state index contributed by atoms with van der Waals surface area (Å²) in [5.41, 5.74) is 4.36. The van der Waals surface area contributed by atoms with Gasteiger partial charge in [-0.2, -0.15) is 0 Å². The molecular weight excluding hydrogens is 510 g/mol. The summed E-state index contributed by atoms with van der Waals surface area (Å²) < 4.78 is 0. The first-order chi connectivity index (χ1) is 19.8. The summed E-state index contributed by atoms with van der Waals surface area (Å²) in [4.78, 5) is 27.4. The summed E-state index contributed by atoms with van der Waals surface area (Å²) in [5, 5.41) is 9.81. The van der Waals surface area contributed by atoms with Crippen LogP contribution in [-0.2, 0) is 4.79 Å². The fourth-order valence-corrected chi connectivity index (χ4v) is 3.30. The monoisotopic (exact) mass is 559 g/mol. The number of allylic oxidation sites excluding steroid dienone is 3. The molecule has 0 bridgehead atoms. The van der Waals surface area contributed by atoms with Gasteiger partial charge in [0.1, 0.15) is 11.5 Å². The molecule has 0 unspecified atom stereocenters. The van der Waals surface area contributed by atoms with Gasteiger partial charge in [-0.3, -0.25) is 14.8 Å². The Hall–Kier alpha value is -4.09. The lowest BCUT2D eigenvalue weighted by atomic mass is 10.1. The van der Waals surface area contributed by atoms with Crippen LogP contribution in [0, 0.1) is 18.3 Å². The van der Waals surface area contributed by atoms with E-state index >= 15 is 0 Å². The van der Waals surface area contributed by atoms with E-state index in [-0.39, 0.29) is 0 Å². The van der Waals surface area contributed by atoms with E-state index in [1.807, 2.05) is 32.1 Å². The van der Waals surface area contributed by atoms with Crippen molar-refractivity contribution >= 4 is 30.5 Å². The minimum atomic E-state index is 0.416. The lowest BCUT2D eigenvalue weighted by molar-refractivity contribution is -0.104. The first-order valence-corrected chi connectivity index (χ1v) is 14.1. The number of aliphatic imine (C=N–C) groups is 1. The maximum absolute atomic E-state index is 9.97. The highest BCUT2D eigenvalue weighted by atomic mass is 16.1. The lowest BCUT2D eigenvalue weighted by Crippen LogP contribution is -2.35. The average Bonchev–Trinajstić information content (AvgIpc) is 3.00. The SMILES string of the molecule is C#C/C(=C\c1nc(-c2cncc(NC3CCNCC3)n2)ccc1C=C)NC.C/C=C(/C=O)C=NC.CC.CC(C)C. The molecule has 1 aliphatic heterocycles. The second-order valence-electron chi connectivity index (χ2n) is 9.31. The number of aromatic nitrogens is 3. The van der Waals surface area contributed by atoms with Crippen molar-refractivity contribution in [3.05, 3.63) is 59.7 Å². The number of nitrogens with zero attached hydrogens (tertiary/aromatic N) is 4. The van der Waals surface area contributed by atoms with Gasteiger partial charge in [0.2, 0.25) is 0 Å². The highest BCUT2D eigenvalue weighted by Gasteiger charge is 2.14. The Bertz CT molecular complexity index is 1170. The molecule has 8 heteroatoms. The van der Waals surface area contributed by atoms with Gasteiger partial charge in [-0.25, -0.2) is 9.97 Å². The molecule has 1 saturated heterocycles. The number of anilines is 1. The van der Waals surface area contributed by atoms with E-state index in [9.17, 15) is 4.79 Å². The lowest BCUT2D eigenvalue weighted by Gasteiger charge is -2.24. The highest BCUT2D eigenvalue weighted by Crippen LogP contribution is 2.21. The van der Waals surface area contributed by atoms with E-state index in [1.165, 1.54) is 6.21 Å². The zero-order chi connectivity index (χ0) is 31.0. The number of hydrogen-bond donors (Lipinski definition) is 3. The third-order valence-corrected chi connectivity index (χ3v) is 5.22. The van der Waals surface area contributed by atoms with Crippen molar-refractivity contribution < 1.29 is 4.79 Å². The molecule has 0 amide bonds. The predicted molar refractivity (Wildman–Crippen MR) is 177 cm³/mol. The maximum Gasteiger partial charge on any atom is 0.151 e. The normalized spacial score (nSPS) is 13.4. The molecule has 1 aliphatic rings. The molecule has 3 N–H and O–H groups in total. The van der Waals surface area contributed by atoms with Gasteiger partial charge in [0.15, 0.2) is 6.29 Å². The summed E-state index contributed by atoms with van der Waals surface area (Å²) in [5.74, 6) is 4.20. The first-order valence-electron chi connectivity index (χ1n) is 14.1. The fourth-order valence-electron chi connectivity index (χ4n) is 3.30. The van der Waals surface area contributed by atoms with Gasteiger partial charge >= 0.3 is 0 Å². The molecule has 0 saturated carbocycles. The quantitative estimate of drug-likeness (QED) is 0.156. The van der Waals surface area contributed by atoms with Crippen molar-refractivity contribution in [1.82, 2.24) is 25.6 Å². The van der Waals surface area contributed by atoms with Crippen LogP contribution in [0.25, 0.3) is 23.5 Å². The van der Waals surface area contributed by atoms with Crippen LogP contribution in [0.15, 0.2) is 53.4 Å². The van der Waals surface area contributed by atoms with E-state index < -0.39 is 0 Å². The summed E-state index contributed by atoms with van der Waals surface area (Å²) in [6, 6.07) is 4.29. The van der Waals surface area contributed by atoms with Crippen LogP contribution >= 0.6 is 0 Å². The molecule has 3 rings (SSSR count). The van der Waals surface area contributed by atoms with Crippen molar-refractivity contribution in [3.63, 3.8) is 0 Å². The number of carbonyl (C=O) groups excluding carboxylic acids is 1. The van der Waals surface area contributed by atoms with E-state index in [0.717, 1.165) is 60.9 Å². The van der Waals surface area contributed by atoms with Gasteiger partial charge in [0.25, 0.3) is 0 Å². The van der Waals surface area contributed by atoms with Crippen molar-refractivity contribution in [2.24, 2.45) is 10.9 Å². The number of nitrogens with one attached hydrogen (secondary N) is 3. The molecule has 0 spiro atoms. The number of piperidine rings is 1. The molecule has 2 aromatic rings. The summed E-state index contributed by atoms with van der Waals surface area (Å²) >= 11 is 0. The molecule has 0 aliphatic carbocycles. The Morgan fingerprint density at radius 1 is 1.17 bits per heavy atom. The second kappa shape index (κ2) is 22.7. The first kappa shape index (κ1) is 36.9. The Kier molecular flexibility index (Phi) is 20.4. The van der Waals surface area contributed by atoms with Crippen molar-refractivity contribution in [3.8, 4) is 23.7 Å². The van der Waals surface area contributed by atoms with E-state index in [4.69, 9.17) is 16.4 Å². The standard InChI is InChI=1S/C21H24N6.C6H9NO.C4H10.C2H6/c1-4-15-6-7-18(26-19(15)12-16(5-2)22-3)20-13-24-14-21(27-20)25-17-8-10-23-11-9-17;1-3-6(5-8)4-7-2;1-4(2)3;1-2/h2,4,6-7,12-14,17,22-23H,1,8-11H2,3H3,(H,25,27);3-5H,1-2H3;4H,1-3H3;1-2H3/b16-12+;6-3+,7-4?;;. The molecular formula is C33H49N7O. The molecule has 3 heterocycles. The summed E-state index contributed by atoms with van der Waals surface area (Å²) in [7, 11) is 3.41.